The number of benzene rings is 4. The molecule has 8 nitrogen and oxygen atoms in total. The van der Waals surface area contributed by atoms with Crippen molar-refractivity contribution >= 4 is 40.7 Å². The first-order valence-electron chi connectivity index (χ1n) is 17.1. The van der Waals surface area contributed by atoms with Gasteiger partial charge in [-0.05, 0) is 74.7 Å². The molecule has 1 atom stereocenters. The first-order valence-corrected chi connectivity index (χ1v) is 18.3. The van der Waals surface area contributed by atoms with Gasteiger partial charge in [0.05, 0.1) is 41.7 Å². The van der Waals surface area contributed by atoms with Crippen LogP contribution in [-0.4, -0.2) is 30.4 Å². The number of fused-ring (bicyclic) bond motifs is 1. The summed E-state index contributed by atoms with van der Waals surface area (Å²) in [6.07, 6.45) is 4.12. The Morgan fingerprint density at radius 3 is 2.33 bits per heavy atom. The average Bonchev–Trinajstić information content (AvgIpc) is 3.46. The quantitative estimate of drug-likeness (QED) is 0.0859. The summed E-state index contributed by atoms with van der Waals surface area (Å²) in [4.78, 5) is 33.8. The Balaban J connectivity index is 1.53. The van der Waals surface area contributed by atoms with Crippen molar-refractivity contribution in [2.24, 2.45) is 4.99 Å². The molecule has 1 aromatic heterocycles. The Labute approximate surface area is 311 Å². The SMILES string of the molecule is C=CCc1cc(/C=c2\sc3n(c2=O)[C@H](c2ccc(OCC)cc2)C(C(=O)OCC)=C(c2ccccc2)N=3)cc(OCC)c1OCc1ccccc1Cl. The monoisotopic (exact) mass is 734 g/mol. The second-order valence-corrected chi connectivity index (χ2v) is 13.2. The molecular weight excluding hydrogens is 696 g/mol. The molecular formula is C42H39ClN2O6S. The molecule has 0 saturated carbocycles. The van der Waals surface area contributed by atoms with E-state index in [0.29, 0.717) is 56.9 Å². The van der Waals surface area contributed by atoms with Gasteiger partial charge >= 0.3 is 5.97 Å². The lowest BCUT2D eigenvalue weighted by molar-refractivity contribution is -0.138. The van der Waals surface area contributed by atoms with Gasteiger partial charge in [0.1, 0.15) is 12.4 Å². The zero-order valence-corrected chi connectivity index (χ0v) is 30.8. The smallest absolute Gasteiger partial charge is 0.338 e. The standard InChI is InChI=1S/C42H39ClN2O6S/c1-5-14-30-23-27(24-34(49-7-3)39(30)51-26-31-17-12-13-18-33(31)43)25-35-40(46)45-38(29-19-21-32(22-20-29)48-6-2)36(41(47)50-8-4)37(44-42(45)52-35)28-15-10-9-11-16-28/h5,9-13,15-25,38H,1,6-8,14,26H2,2-4H3/b35-25-/t38-/m1/s1. The molecule has 2 heterocycles. The number of rotatable bonds is 14. The third-order valence-electron chi connectivity index (χ3n) is 8.33. The van der Waals surface area contributed by atoms with Crippen molar-refractivity contribution in [1.82, 2.24) is 4.57 Å². The van der Waals surface area contributed by atoms with Crippen molar-refractivity contribution in [3.05, 3.63) is 162 Å². The summed E-state index contributed by atoms with van der Waals surface area (Å²) in [5, 5.41) is 0.614. The van der Waals surface area contributed by atoms with Gasteiger partial charge in [-0.15, -0.1) is 6.58 Å². The predicted octanol–water partition coefficient (Wildman–Crippen LogP) is 7.69. The summed E-state index contributed by atoms with van der Waals surface area (Å²) in [5.74, 6) is 1.27. The number of hydrogen-bond donors (Lipinski definition) is 0. The number of halogens is 1. The summed E-state index contributed by atoms with van der Waals surface area (Å²) in [5.41, 5.74) is 4.33. The minimum atomic E-state index is -0.806. The molecule has 0 saturated heterocycles. The molecule has 0 spiro atoms. The van der Waals surface area contributed by atoms with Gasteiger partial charge in [0.25, 0.3) is 5.56 Å². The molecule has 0 aliphatic carbocycles. The van der Waals surface area contributed by atoms with Crippen LogP contribution in [0.5, 0.6) is 17.2 Å². The number of hydrogen-bond acceptors (Lipinski definition) is 8. The molecule has 0 N–H and O–H groups in total. The highest BCUT2D eigenvalue weighted by atomic mass is 35.5. The Morgan fingerprint density at radius 2 is 1.63 bits per heavy atom. The molecule has 0 radical (unpaired) electrons. The van der Waals surface area contributed by atoms with E-state index in [-0.39, 0.29) is 24.3 Å². The van der Waals surface area contributed by atoms with Crippen LogP contribution in [0.25, 0.3) is 11.8 Å². The van der Waals surface area contributed by atoms with Gasteiger partial charge in [0.15, 0.2) is 16.3 Å². The first-order chi connectivity index (χ1) is 25.4. The number of allylic oxidation sites excluding steroid dienone is 1. The van der Waals surface area contributed by atoms with Crippen molar-refractivity contribution < 1.29 is 23.7 Å². The predicted molar refractivity (Wildman–Crippen MR) is 206 cm³/mol. The van der Waals surface area contributed by atoms with Crippen molar-refractivity contribution in [2.75, 3.05) is 19.8 Å². The molecule has 4 aromatic carbocycles. The fourth-order valence-corrected chi connectivity index (χ4v) is 7.28. The highest BCUT2D eigenvalue weighted by Crippen LogP contribution is 2.37. The van der Waals surface area contributed by atoms with E-state index in [9.17, 15) is 9.59 Å². The van der Waals surface area contributed by atoms with Gasteiger partial charge in [0.2, 0.25) is 0 Å². The van der Waals surface area contributed by atoms with Gasteiger partial charge in [0, 0.05) is 21.7 Å². The normalized spacial score (nSPS) is 14.0. The molecule has 10 heteroatoms. The topological polar surface area (TPSA) is 88.4 Å². The van der Waals surface area contributed by atoms with E-state index in [2.05, 4.69) is 6.58 Å². The maximum atomic E-state index is 14.5. The van der Waals surface area contributed by atoms with Crippen molar-refractivity contribution in [2.45, 2.75) is 39.8 Å². The lowest BCUT2D eigenvalue weighted by Crippen LogP contribution is -2.40. The molecule has 6 rings (SSSR count). The van der Waals surface area contributed by atoms with E-state index in [4.69, 9.17) is 35.5 Å². The molecule has 0 amide bonds. The minimum Gasteiger partial charge on any atom is -0.494 e. The highest BCUT2D eigenvalue weighted by Gasteiger charge is 2.35. The minimum absolute atomic E-state index is 0.165. The number of nitrogens with zero attached hydrogens (tertiary/aromatic N) is 2. The second kappa shape index (κ2) is 16.8. The van der Waals surface area contributed by atoms with Crippen LogP contribution in [0.3, 0.4) is 0 Å². The van der Waals surface area contributed by atoms with Crippen LogP contribution in [-0.2, 0) is 22.6 Å². The molecule has 0 unspecified atom stereocenters. The fourth-order valence-electron chi connectivity index (χ4n) is 6.09. The van der Waals surface area contributed by atoms with Crippen LogP contribution in [0.2, 0.25) is 5.02 Å². The average molecular weight is 735 g/mol. The van der Waals surface area contributed by atoms with Crippen molar-refractivity contribution in [3.63, 3.8) is 0 Å². The number of aromatic nitrogens is 1. The molecule has 5 aromatic rings. The van der Waals surface area contributed by atoms with Crippen LogP contribution >= 0.6 is 22.9 Å². The van der Waals surface area contributed by atoms with Gasteiger partial charge in [-0.1, -0.05) is 89.7 Å². The van der Waals surface area contributed by atoms with Crippen molar-refractivity contribution in [3.8, 4) is 17.2 Å². The van der Waals surface area contributed by atoms with Crippen molar-refractivity contribution in [1.29, 1.82) is 0 Å². The number of ether oxygens (including phenoxy) is 4. The van der Waals surface area contributed by atoms with Crippen LogP contribution in [0.15, 0.2) is 119 Å². The molecule has 1 aliphatic rings. The second-order valence-electron chi connectivity index (χ2n) is 11.7. The Morgan fingerprint density at radius 1 is 0.904 bits per heavy atom. The van der Waals surface area contributed by atoms with E-state index in [1.807, 2.05) is 111 Å². The lowest BCUT2D eigenvalue weighted by atomic mass is 9.93. The maximum absolute atomic E-state index is 14.5. The summed E-state index contributed by atoms with van der Waals surface area (Å²) in [7, 11) is 0. The van der Waals surface area contributed by atoms with E-state index in [0.717, 1.165) is 27.8 Å². The van der Waals surface area contributed by atoms with Gasteiger partial charge in [-0.2, -0.15) is 0 Å². The maximum Gasteiger partial charge on any atom is 0.338 e. The van der Waals surface area contributed by atoms with Gasteiger partial charge in [-0.25, -0.2) is 9.79 Å². The van der Waals surface area contributed by atoms with E-state index in [1.165, 1.54) is 11.3 Å². The third kappa shape index (κ3) is 7.76. The lowest BCUT2D eigenvalue weighted by Gasteiger charge is -2.26. The fraction of sp³-hybridized carbons (Fsp3) is 0.214. The van der Waals surface area contributed by atoms with Crippen LogP contribution in [0.1, 0.15) is 54.6 Å². The summed E-state index contributed by atoms with van der Waals surface area (Å²) >= 11 is 7.67. The zero-order chi connectivity index (χ0) is 36.6. The molecule has 0 bridgehead atoms. The van der Waals surface area contributed by atoms with E-state index in [1.54, 1.807) is 17.6 Å². The largest absolute Gasteiger partial charge is 0.494 e. The number of thiazole rings is 1. The van der Waals surface area contributed by atoms with Crippen LogP contribution < -0.4 is 29.1 Å². The highest BCUT2D eigenvalue weighted by molar-refractivity contribution is 7.07. The Hall–Kier alpha value is -5.38. The summed E-state index contributed by atoms with van der Waals surface area (Å²) in [6, 6.07) is 27.4. The van der Waals surface area contributed by atoms with Crippen LogP contribution in [0.4, 0.5) is 0 Å². The number of esters is 1. The number of carbonyl (C=O) groups is 1. The van der Waals surface area contributed by atoms with Gasteiger partial charge in [-0.3, -0.25) is 9.36 Å². The van der Waals surface area contributed by atoms with E-state index >= 15 is 0 Å². The molecule has 266 valence electrons. The Bertz CT molecular complexity index is 2290. The molecule has 1 aliphatic heterocycles. The summed E-state index contributed by atoms with van der Waals surface area (Å²) < 4.78 is 25.7. The zero-order valence-electron chi connectivity index (χ0n) is 29.3. The third-order valence-corrected chi connectivity index (χ3v) is 9.68. The number of carbonyl (C=O) groups excluding carboxylic acids is 1. The van der Waals surface area contributed by atoms with Gasteiger partial charge < -0.3 is 18.9 Å². The first kappa shape index (κ1) is 36.4. The molecule has 0 fully saturated rings. The Kier molecular flexibility index (Phi) is 11.7. The molecule has 52 heavy (non-hydrogen) atoms. The summed E-state index contributed by atoms with van der Waals surface area (Å²) in [6.45, 7) is 10.9. The van der Waals surface area contributed by atoms with Crippen LogP contribution in [0, 0.1) is 0 Å². The van der Waals surface area contributed by atoms with E-state index < -0.39 is 12.0 Å².